The first kappa shape index (κ1) is 25.5. The van der Waals surface area contributed by atoms with Gasteiger partial charge in [0.1, 0.15) is 42.7 Å². The summed E-state index contributed by atoms with van der Waals surface area (Å²) >= 11 is 0. The number of aromatic nitrogens is 4. The maximum Gasteiger partial charge on any atom is 0.167 e. The molecule has 4 unspecified atom stereocenters. The normalized spacial score (nSPS) is 23.6. The van der Waals surface area contributed by atoms with E-state index < -0.39 is 24.2 Å². The molecule has 204 valence electrons. The number of nitrogens with zero attached hydrogens (tertiary/aromatic N) is 4. The van der Waals surface area contributed by atoms with Crippen molar-refractivity contribution in [2.45, 2.75) is 57.3 Å². The molecule has 2 aromatic heterocycles. The lowest BCUT2D eigenvalue weighted by Crippen LogP contribution is -2.31. The monoisotopic (exact) mass is 533 g/mol. The van der Waals surface area contributed by atoms with Crippen LogP contribution >= 0.6 is 0 Å². The summed E-state index contributed by atoms with van der Waals surface area (Å²) in [5.41, 5.74) is 3.34. The summed E-state index contributed by atoms with van der Waals surface area (Å²) in [6.07, 6.45) is 1.34. The zero-order valence-corrected chi connectivity index (χ0v) is 22.0. The van der Waals surface area contributed by atoms with Crippen molar-refractivity contribution in [2.75, 3.05) is 19.0 Å². The molecule has 0 saturated carbocycles. The lowest BCUT2D eigenvalue weighted by atomic mass is 10.1. The first-order valence-electron chi connectivity index (χ1n) is 12.8. The Morgan fingerprint density at radius 2 is 1.67 bits per heavy atom. The third-order valence-corrected chi connectivity index (χ3v) is 6.89. The van der Waals surface area contributed by atoms with Gasteiger partial charge in [0, 0.05) is 6.54 Å². The average molecular weight is 534 g/mol. The topological polar surface area (TPSA) is 122 Å². The summed E-state index contributed by atoms with van der Waals surface area (Å²) in [6.45, 7) is 4.55. The van der Waals surface area contributed by atoms with Crippen LogP contribution in [-0.4, -0.2) is 62.4 Å². The van der Waals surface area contributed by atoms with Crippen LogP contribution in [-0.2, 0) is 27.4 Å². The lowest BCUT2D eigenvalue weighted by Gasteiger charge is -2.24. The van der Waals surface area contributed by atoms with E-state index in [1.54, 1.807) is 13.4 Å². The van der Waals surface area contributed by atoms with Crippen LogP contribution in [0.15, 0.2) is 61.2 Å². The Bertz CT molecular complexity index is 1420. The van der Waals surface area contributed by atoms with E-state index in [1.165, 1.54) is 6.33 Å². The second-order valence-electron chi connectivity index (χ2n) is 9.99. The third-order valence-electron chi connectivity index (χ3n) is 6.89. The van der Waals surface area contributed by atoms with E-state index in [0.717, 1.165) is 22.6 Å². The molecular formula is C28H31N5O6. The Kier molecular flexibility index (Phi) is 6.81. The van der Waals surface area contributed by atoms with Gasteiger partial charge >= 0.3 is 0 Å². The minimum Gasteiger partial charge on any atom is -0.497 e. The number of fused-ring (bicyclic) bond motifs is 2. The highest BCUT2D eigenvalue weighted by molar-refractivity contribution is 5.82. The van der Waals surface area contributed by atoms with Gasteiger partial charge < -0.3 is 34.1 Å². The van der Waals surface area contributed by atoms with Gasteiger partial charge in [0.2, 0.25) is 0 Å². The van der Waals surface area contributed by atoms with Gasteiger partial charge in [0.15, 0.2) is 29.0 Å². The van der Waals surface area contributed by atoms with Crippen LogP contribution in [0.5, 0.6) is 11.5 Å². The quantitative estimate of drug-likeness (QED) is 0.331. The number of rotatable bonds is 9. The van der Waals surface area contributed by atoms with Gasteiger partial charge in [-0.05, 0) is 49.2 Å². The van der Waals surface area contributed by atoms with Crippen molar-refractivity contribution in [1.29, 1.82) is 0 Å². The molecule has 0 bridgehead atoms. The fourth-order valence-electron chi connectivity index (χ4n) is 4.98. The second-order valence-corrected chi connectivity index (χ2v) is 9.99. The maximum absolute atomic E-state index is 9.82. The van der Waals surface area contributed by atoms with Crippen molar-refractivity contribution in [3.63, 3.8) is 0 Å². The molecule has 11 nitrogen and oxygen atoms in total. The molecule has 6 rings (SSSR count). The van der Waals surface area contributed by atoms with Crippen LogP contribution in [0.1, 0.15) is 31.2 Å². The van der Waals surface area contributed by atoms with Gasteiger partial charge in [0.05, 0.1) is 20.0 Å². The van der Waals surface area contributed by atoms with Gasteiger partial charge in [-0.1, -0.05) is 24.3 Å². The smallest absolute Gasteiger partial charge is 0.167 e. The second kappa shape index (κ2) is 10.4. The fourth-order valence-corrected chi connectivity index (χ4v) is 4.98. The van der Waals surface area contributed by atoms with Crippen molar-refractivity contribution >= 4 is 17.0 Å². The first-order chi connectivity index (χ1) is 18.9. The average Bonchev–Trinajstić information content (AvgIpc) is 3.62. The SMILES string of the molecule is COc1ccc(COc2ccc(CNc3ncnc4c3ncn4C3OC(CO)C4OC(C)(C)OC43)cc2)cc1. The van der Waals surface area contributed by atoms with Gasteiger partial charge in [-0.25, -0.2) is 15.0 Å². The zero-order valence-electron chi connectivity index (χ0n) is 22.0. The van der Waals surface area contributed by atoms with Crippen LogP contribution in [0.25, 0.3) is 11.2 Å². The third kappa shape index (κ3) is 5.13. The Morgan fingerprint density at radius 3 is 2.41 bits per heavy atom. The molecule has 39 heavy (non-hydrogen) atoms. The van der Waals surface area contributed by atoms with Crippen molar-refractivity contribution < 1.29 is 28.8 Å². The fraction of sp³-hybridized carbons (Fsp3) is 0.393. The summed E-state index contributed by atoms with van der Waals surface area (Å²) < 4.78 is 31.1. The Morgan fingerprint density at radius 1 is 0.949 bits per heavy atom. The molecule has 2 saturated heterocycles. The number of hydrogen-bond acceptors (Lipinski definition) is 10. The van der Waals surface area contributed by atoms with Crippen molar-refractivity contribution in [3.05, 3.63) is 72.3 Å². The Hall–Kier alpha value is -3.77. The van der Waals surface area contributed by atoms with E-state index in [1.807, 2.05) is 66.9 Å². The number of nitrogens with one attached hydrogen (secondary N) is 1. The predicted molar refractivity (Wildman–Crippen MR) is 141 cm³/mol. The van der Waals surface area contributed by atoms with Crippen LogP contribution in [0, 0.1) is 0 Å². The van der Waals surface area contributed by atoms with Gasteiger partial charge in [0.25, 0.3) is 0 Å². The van der Waals surface area contributed by atoms with Crippen LogP contribution in [0.4, 0.5) is 5.82 Å². The number of ether oxygens (including phenoxy) is 5. The molecule has 0 spiro atoms. The Balaban J connectivity index is 1.11. The van der Waals surface area contributed by atoms with Crippen LogP contribution in [0.3, 0.4) is 0 Å². The van der Waals surface area contributed by atoms with E-state index in [0.29, 0.717) is 30.1 Å². The standard InChI is InChI=1S/C28H31N5O6/c1-28(2)38-23-21(13-34)37-27(24(23)39-28)33-16-32-22-25(30-15-31-26(22)33)29-12-17-4-10-20(11-5-17)36-14-18-6-8-19(35-3)9-7-18/h4-11,15-16,21,23-24,27,34H,12-14H2,1-3H3,(H,29,30,31). The molecular weight excluding hydrogens is 502 g/mol. The van der Waals surface area contributed by atoms with Gasteiger partial charge in [-0.2, -0.15) is 0 Å². The molecule has 0 aliphatic carbocycles. The van der Waals surface area contributed by atoms with E-state index in [4.69, 9.17) is 23.7 Å². The first-order valence-corrected chi connectivity index (χ1v) is 12.8. The number of aliphatic hydroxyl groups is 1. The lowest BCUT2D eigenvalue weighted by molar-refractivity contribution is -0.199. The van der Waals surface area contributed by atoms with Gasteiger partial charge in [-0.15, -0.1) is 0 Å². The molecule has 11 heteroatoms. The number of aliphatic hydroxyl groups excluding tert-OH is 1. The molecule has 4 heterocycles. The minimum absolute atomic E-state index is 0.170. The summed E-state index contributed by atoms with van der Waals surface area (Å²) in [5, 5.41) is 13.2. The van der Waals surface area contributed by atoms with E-state index in [2.05, 4.69) is 20.3 Å². The van der Waals surface area contributed by atoms with Crippen LogP contribution in [0.2, 0.25) is 0 Å². The zero-order chi connectivity index (χ0) is 27.0. The highest BCUT2D eigenvalue weighted by Gasteiger charge is 2.56. The maximum atomic E-state index is 9.82. The van der Waals surface area contributed by atoms with E-state index >= 15 is 0 Å². The molecule has 2 N–H and O–H groups in total. The molecule has 2 aliphatic heterocycles. The molecule has 0 amide bonds. The molecule has 4 atom stereocenters. The van der Waals surface area contributed by atoms with Crippen LogP contribution < -0.4 is 14.8 Å². The van der Waals surface area contributed by atoms with Crippen molar-refractivity contribution in [3.8, 4) is 11.5 Å². The Labute approximate surface area is 225 Å². The summed E-state index contributed by atoms with van der Waals surface area (Å²) in [7, 11) is 1.65. The molecule has 0 radical (unpaired) electrons. The highest BCUT2D eigenvalue weighted by Crippen LogP contribution is 2.43. The molecule has 2 aromatic carbocycles. The number of hydrogen-bond donors (Lipinski definition) is 2. The number of benzene rings is 2. The minimum atomic E-state index is -0.765. The summed E-state index contributed by atoms with van der Waals surface area (Å²) in [6, 6.07) is 15.7. The highest BCUT2D eigenvalue weighted by atomic mass is 16.8. The molecule has 2 fully saturated rings. The summed E-state index contributed by atoms with van der Waals surface area (Å²) in [5.74, 6) is 1.45. The predicted octanol–water partition coefficient (Wildman–Crippen LogP) is 3.44. The molecule has 4 aromatic rings. The van der Waals surface area contributed by atoms with E-state index in [-0.39, 0.29) is 12.7 Å². The van der Waals surface area contributed by atoms with Crippen molar-refractivity contribution in [1.82, 2.24) is 19.5 Å². The van der Waals surface area contributed by atoms with Crippen molar-refractivity contribution in [2.24, 2.45) is 0 Å². The summed E-state index contributed by atoms with van der Waals surface area (Å²) in [4.78, 5) is 13.4. The largest absolute Gasteiger partial charge is 0.497 e. The van der Waals surface area contributed by atoms with E-state index in [9.17, 15) is 5.11 Å². The molecule has 2 aliphatic rings. The number of methoxy groups -OCH3 is 1. The van der Waals surface area contributed by atoms with Gasteiger partial charge in [-0.3, -0.25) is 4.57 Å². The number of anilines is 1. The number of imidazole rings is 1.